The molecule has 0 unspecified atom stereocenters. The van der Waals surface area contributed by atoms with Gasteiger partial charge in [-0.2, -0.15) is 0 Å². The molecule has 0 aliphatic rings. The van der Waals surface area contributed by atoms with Crippen molar-refractivity contribution in [1.29, 1.82) is 0 Å². The molecular weight excluding hydrogens is 609 g/mol. The average Bonchev–Trinajstić information content (AvgIpc) is 3.72. The highest BCUT2D eigenvalue weighted by Crippen LogP contribution is 2.44. The van der Waals surface area contributed by atoms with E-state index in [9.17, 15) is 0 Å². The molecular formula is C48H28O2. The number of fused-ring (bicyclic) bond motifs is 9. The van der Waals surface area contributed by atoms with E-state index in [-0.39, 0.29) is 0 Å². The van der Waals surface area contributed by atoms with Crippen LogP contribution in [0.2, 0.25) is 0 Å². The van der Waals surface area contributed by atoms with Crippen molar-refractivity contribution in [2.45, 2.75) is 0 Å². The molecule has 50 heavy (non-hydrogen) atoms. The van der Waals surface area contributed by atoms with Crippen LogP contribution in [0.25, 0.3) is 110 Å². The average molecular weight is 637 g/mol. The van der Waals surface area contributed by atoms with Crippen LogP contribution in [-0.2, 0) is 0 Å². The normalized spacial score (nSPS) is 12.0. The monoisotopic (exact) mass is 636 g/mol. The van der Waals surface area contributed by atoms with Crippen LogP contribution in [0.15, 0.2) is 179 Å². The lowest BCUT2D eigenvalue weighted by Gasteiger charge is -2.18. The Morgan fingerprint density at radius 1 is 0.240 bits per heavy atom. The van der Waals surface area contributed by atoms with Crippen molar-refractivity contribution in [3.05, 3.63) is 170 Å². The molecule has 232 valence electrons. The molecule has 2 nitrogen and oxygen atoms in total. The van der Waals surface area contributed by atoms with Crippen LogP contribution in [-0.4, -0.2) is 0 Å². The standard InChI is InChI=1S/C48H28O2/c1-2-10-30(11-3-1)47-37-13-4-6-15-39(37)48(40-16-7-5-14-38(40)47)31-20-18-29(19-21-31)32-22-23-36-42-25-33-24-41-35-12-8-9-17-43(35)49-45(41)27-34(33)28-46(42)50-44(36)26-32/h1-28H. The van der Waals surface area contributed by atoms with E-state index < -0.39 is 0 Å². The van der Waals surface area contributed by atoms with Gasteiger partial charge < -0.3 is 8.83 Å². The second kappa shape index (κ2) is 10.4. The fourth-order valence-corrected chi connectivity index (χ4v) is 8.11. The molecule has 11 rings (SSSR count). The second-order valence-electron chi connectivity index (χ2n) is 13.2. The Balaban J connectivity index is 1.02. The number of hydrogen-bond acceptors (Lipinski definition) is 2. The van der Waals surface area contributed by atoms with Gasteiger partial charge in [-0.1, -0.05) is 127 Å². The molecule has 0 aliphatic carbocycles. The molecule has 0 fully saturated rings. The maximum Gasteiger partial charge on any atom is 0.136 e. The Morgan fingerprint density at radius 2 is 0.660 bits per heavy atom. The highest BCUT2D eigenvalue weighted by atomic mass is 16.3. The van der Waals surface area contributed by atoms with Gasteiger partial charge in [0.05, 0.1) is 0 Å². The van der Waals surface area contributed by atoms with E-state index in [0.29, 0.717) is 0 Å². The smallest absolute Gasteiger partial charge is 0.136 e. The molecule has 9 aromatic carbocycles. The number of furan rings is 2. The molecule has 0 amide bonds. The summed E-state index contributed by atoms with van der Waals surface area (Å²) < 4.78 is 12.7. The van der Waals surface area contributed by atoms with Crippen molar-refractivity contribution in [2.24, 2.45) is 0 Å². The number of benzene rings is 9. The van der Waals surface area contributed by atoms with Gasteiger partial charge in [-0.15, -0.1) is 0 Å². The fraction of sp³-hybridized carbons (Fsp3) is 0. The van der Waals surface area contributed by atoms with Crippen LogP contribution in [0.5, 0.6) is 0 Å². The van der Waals surface area contributed by atoms with Crippen LogP contribution in [0, 0.1) is 0 Å². The van der Waals surface area contributed by atoms with E-state index in [1.807, 2.05) is 12.1 Å². The Bertz CT molecular complexity index is 3070. The number of rotatable bonds is 3. The van der Waals surface area contributed by atoms with Gasteiger partial charge in [0, 0.05) is 21.5 Å². The molecule has 0 atom stereocenters. The van der Waals surface area contributed by atoms with Crippen molar-refractivity contribution in [2.75, 3.05) is 0 Å². The van der Waals surface area contributed by atoms with Crippen LogP contribution in [0.3, 0.4) is 0 Å². The van der Waals surface area contributed by atoms with Crippen LogP contribution < -0.4 is 0 Å². The van der Waals surface area contributed by atoms with E-state index in [1.165, 1.54) is 49.2 Å². The van der Waals surface area contributed by atoms with Gasteiger partial charge in [-0.3, -0.25) is 0 Å². The molecule has 0 radical (unpaired) electrons. The quantitative estimate of drug-likeness (QED) is 0.180. The molecule has 0 N–H and O–H groups in total. The Kier molecular flexibility index (Phi) is 5.70. The molecule has 0 saturated heterocycles. The van der Waals surface area contributed by atoms with E-state index >= 15 is 0 Å². The summed E-state index contributed by atoms with van der Waals surface area (Å²) in [4.78, 5) is 0. The summed E-state index contributed by atoms with van der Waals surface area (Å²) >= 11 is 0. The van der Waals surface area contributed by atoms with Crippen molar-refractivity contribution in [3.8, 4) is 33.4 Å². The summed E-state index contributed by atoms with van der Waals surface area (Å²) in [6.07, 6.45) is 0. The lowest BCUT2D eigenvalue weighted by Crippen LogP contribution is -1.90. The van der Waals surface area contributed by atoms with Gasteiger partial charge in [0.1, 0.15) is 22.3 Å². The zero-order valence-electron chi connectivity index (χ0n) is 27.0. The first-order valence-corrected chi connectivity index (χ1v) is 17.1. The summed E-state index contributed by atoms with van der Waals surface area (Å²) in [5.74, 6) is 0. The third-order valence-corrected chi connectivity index (χ3v) is 10.4. The highest BCUT2D eigenvalue weighted by molar-refractivity contribution is 6.21. The summed E-state index contributed by atoms with van der Waals surface area (Å²) in [5.41, 5.74) is 10.9. The Morgan fingerprint density at radius 3 is 1.28 bits per heavy atom. The van der Waals surface area contributed by atoms with Gasteiger partial charge in [0.15, 0.2) is 0 Å². The van der Waals surface area contributed by atoms with Crippen molar-refractivity contribution >= 4 is 76.2 Å². The lowest BCUT2D eigenvalue weighted by molar-refractivity contribution is 0.668. The van der Waals surface area contributed by atoms with Crippen molar-refractivity contribution in [1.82, 2.24) is 0 Å². The maximum absolute atomic E-state index is 6.50. The largest absolute Gasteiger partial charge is 0.456 e. The van der Waals surface area contributed by atoms with E-state index in [2.05, 4.69) is 158 Å². The van der Waals surface area contributed by atoms with Gasteiger partial charge in [0.25, 0.3) is 0 Å². The first-order chi connectivity index (χ1) is 24.8. The van der Waals surface area contributed by atoms with Crippen LogP contribution >= 0.6 is 0 Å². The van der Waals surface area contributed by atoms with Gasteiger partial charge in [-0.05, 0) is 108 Å². The van der Waals surface area contributed by atoms with Gasteiger partial charge in [-0.25, -0.2) is 0 Å². The number of hydrogen-bond donors (Lipinski definition) is 0. The van der Waals surface area contributed by atoms with E-state index in [0.717, 1.165) is 60.4 Å². The minimum atomic E-state index is 0.883. The predicted molar refractivity (Wildman–Crippen MR) is 210 cm³/mol. The van der Waals surface area contributed by atoms with Gasteiger partial charge in [0.2, 0.25) is 0 Å². The highest BCUT2D eigenvalue weighted by Gasteiger charge is 2.17. The summed E-state index contributed by atoms with van der Waals surface area (Å²) in [7, 11) is 0. The SMILES string of the molecule is c1ccc(-c2c3ccccc3c(-c3ccc(-c4ccc5c(c4)oc4cc6cc7oc8ccccc8c7cc6cc45)cc3)c3ccccc23)cc1. The fourth-order valence-electron chi connectivity index (χ4n) is 8.11. The van der Waals surface area contributed by atoms with Gasteiger partial charge >= 0.3 is 0 Å². The molecule has 11 aromatic rings. The number of para-hydroxylation sites is 1. The van der Waals surface area contributed by atoms with Crippen molar-refractivity contribution in [3.63, 3.8) is 0 Å². The van der Waals surface area contributed by atoms with Crippen molar-refractivity contribution < 1.29 is 8.83 Å². The third kappa shape index (κ3) is 4.03. The molecule has 2 aromatic heterocycles. The molecule has 0 spiro atoms. The Labute approximate surface area is 287 Å². The third-order valence-electron chi connectivity index (χ3n) is 10.4. The topological polar surface area (TPSA) is 26.3 Å². The summed E-state index contributed by atoms with van der Waals surface area (Å²) in [6, 6.07) is 61.0. The maximum atomic E-state index is 6.50. The zero-order chi connectivity index (χ0) is 32.8. The van der Waals surface area contributed by atoms with E-state index in [4.69, 9.17) is 8.83 Å². The first-order valence-electron chi connectivity index (χ1n) is 17.1. The second-order valence-corrected chi connectivity index (χ2v) is 13.2. The van der Waals surface area contributed by atoms with E-state index in [1.54, 1.807) is 0 Å². The first kappa shape index (κ1) is 27.3. The molecule has 0 aliphatic heterocycles. The van der Waals surface area contributed by atoms with Crippen LogP contribution in [0.4, 0.5) is 0 Å². The minimum Gasteiger partial charge on any atom is -0.456 e. The summed E-state index contributed by atoms with van der Waals surface area (Å²) in [5, 5.41) is 11.9. The molecule has 0 bridgehead atoms. The zero-order valence-corrected chi connectivity index (χ0v) is 27.0. The molecule has 2 heteroatoms. The molecule has 0 saturated carbocycles. The minimum absolute atomic E-state index is 0.883. The molecule has 2 heterocycles. The summed E-state index contributed by atoms with van der Waals surface area (Å²) in [6.45, 7) is 0. The lowest BCUT2D eigenvalue weighted by atomic mass is 9.86. The van der Waals surface area contributed by atoms with Crippen LogP contribution in [0.1, 0.15) is 0 Å². The predicted octanol–water partition coefficient (Wildman–Crippen LogP) is 13.9. The Hall–Kier alpha value is -6.64.